The van der Waals surface area contributed by atoms with Crippen LogP contribution in [0.4, 0.5) is 4.79 Å². The van der Waals surface area contributed by atoms with Crippen molar-refractivity contribution < 1.29 is 14.3 Å². The Bertz CT molecular complexity index is 193. The van der Waals surface area contributed by atoms with Crippen LogP contribution in [0.2, 0.25) is 0 Å². The molecule has 0 aromatic rings. The summed E-state index contributed by atoms with van der Waals surface area (Å²) in [5, 5.41) is 2.80. The van der Waals surface area contributed by atoms with Crippen LogP contribution in [-0.2, 0) is 9.47 Å². The van der Waals surface area contributed by atoms with Crippen LogP contribution in [0.5, 0.6) is 0 Å². The Labute approximate surface area is 90.3 Å². The average molecular weight is 216 g/mol. The zero-order valence-electron chi connectivity index (χ0n) is 9.20. The molecule has 0 bridgehead atoms. The maximum absolute atomic E-state index is 11.2. The van der Waals surface area contributed by atoms with Crippen molar-refractivity contribution in [3.05, 3.63) is 0 Å². The smallest absolute Gasteiger partial charge is 0.407 e. The third kappa shape index (κ3) is 4.05. The van der Waals surface area contributed by atoms with Gasteiger partial charge in [0.1, 0.15) is 0 Å². The minimum atomic E-state index is -0.376. The maximum atomic E-state index is 11.2. The number of hydrogen-bond donors (Lipinski definition) is 2. The van der Waals surface area contributed by atoms with Gasteiger partial charge in [0.15, 0.2) is 0 Å². The number of ether oxygens (including phenoxy) is 2. The number of rotatable bonds is 4. The largest absolute Gasteiger partial charge is 0.450 e. The minimum absolute atomic E-state index is 0.00736. The molecule has 1 rings (SSSR count). The van der Waals surface area contributed by atoms with E-state index >= 15 is 0 Å². The number of amides is 1. The standard InChI is InChI=1S/C10H20N2O3/c1-2-15-10(13)12-9(7-11)8-3-5-14-6-4-8/h8-9H,2-7,11H2,1H3,(H,12,13). The van der Waals surface area contributed by atoms with Gasteiger partial charge in [-0.15, -0.1) is 0 Å². The molecule has 0 spiro atoms. The van der Waals surface area contributed by atoms with E-state index < -0.39 is 0 Å². The summed E-state index contributed by atoms with van der Waals surface area (Å²) in [6, 6.07) is 0.00736. The number of carbonyl (C=O) groups is 1. The molecule has 0 aromatic heterocycles. The summed E-state index contributed by atoms with van der Waals surface area (Å²) in [5.41, 5.74) is 5.64. The fourth-order valence-corrected chi connectivity index (χ4v) is 1.81. The number of hydrogen-bond acceptors (Lipinski definition) is 4. The normalized spacial score (nSPS) is 19.6. The molecule has 3 N–H and O–H groups in total. The molecule has 1 saturated heterocycles. The molecule has 5 heteroatoms. The molecule has 0 aliphatic carbocycles. The summed E-state index contributed by atoms with van der Waals surface area (Å²) < 4.78 is 10.1. The van der Waals surface area contributed by atoms with E-state index in [1.54, 1.807) is 6.92 Å². The molecule has 1 heterocycles. The van der Waals surface area contributed by atoms with Gasteiger partial charge in [0.25, 0.3) is 0 Å². The summed E-state index contributed by atoms with van der Waals surface area (Å²) in [4.78, 5) is 11.2. The Morgan fingerprint density at radius 2 is 2.27 bits per heavy atom. The first-order valence-corrected chi connectivity index (χ1v) is 5.49. The summed E-state index contributed by atoms with van der Waals surface area (Å²) in [6.45, 7) is 4.13. The van der Waals surface area contributed by atoms with Gasteiger partial charge >= 0.3 is 6.09 Å². The summed E-state index contributed by atoms with van der Waals surface area (Å²) in [6.07, 6.45) is 1.53. The minimum Gasteiger partial charge on any atom is -0.450 e. The Kier molecular flexibility index (Phi) is 5.42. The SMILES string of the molecule is CCOC(=O)NC(CN)C1CCOCC1. The van der Waals surface area contributed by atoms with Crippen molar-refractivity contribution >= 4 is 6.09 Å². The van der Waals surface area contributed by atoms with Gasteiger partial charge in [-0.1, -0.05) is 0 Å². The van der Waals surface area contributed by atoms with Crippen molar-refractivity contribution in [3.63, 3.8) is 0 Å². The average Bonchev–Trinajstić information content (AvgIpc) is 2.27. The highest BCUT2D eigenvalue weighted by molar-refractivity contribution is 5.67. The highest BCUT2D eigenvalue weighted by Gasteiger charge is 2.24. The van der Waals surface area contributed by atoms with Crippen molar-refractivity contribution in [1.82, 2.24) is 5.32 Å². The van der Waals surface area contributed by atoms with Crippen LogP contribution in [0, 0.1) is 5.92 Å². The van der Waals surface area contributed by atoms with Gasteiger partial charge in [-0.05, 0) is 25.7 Å². The molecule has 0 saturated carbocycles. The second-order valence-electron chi connectivity index (χ2n) is 3.66. The Balaban J connectivity index is 2.36. The second kappa shape index (κ2) is 6.63. The quantitative estimate of drug-likeness (QED) is 0.717. The van der Waals surface area contributed by atoms with Crippen molar-refractivity contribution in [3.8, 4) is 0 Å². The van der Waals surface area contributed by atoms with Crippen molar-refractivity contribution in [1.29, 1.82) is 0 Å². The van der Waals surface area contributed by atoms with E-state index in [1.165, 1.54) is 0 Å². The lowest BCUT2D eigenvalue weighted by Crippen LogP contribution is -2.47. The lowest BCUT2D eigenvalue weighted by Gasteiger charge is -2.29. The Hall–Kier alpha value is -0.810. The lowest BCUT2D eigenvalue weighted by molar-refractivity contribution is 0.0533. The second-order valence-corrected chi connectivity index (χ2v) is 3.66. The highest BCUT2D eigenvalue weighted by Crippen LogP contribution is 2.18. The van der Waals surface area contributed by atoms with Gasteiger partial charge in [-0.2, -0.15) is 0 Å². The number of alkyl carbamates (subject to hydrolysis) is 1. The molecule has 1 aliphatic heterocycles. The predicted octanol–water partition coefficient (Wildman–Crippen LogP) is 0.486. The van der Waals surface area contributed by atoms with Crippen molar-refractivity contribution in [2.24, 2.45) is 11.7 Å². The number of nitrogens with one attached hydrogen (secondary N) is 1. The van der Waals surface area contributed by atoms with Gasteiger partial charge in [0.05, 0.1) is 6.61 Å². The van der Waals surface area contributed by atoms with Crippen LogP contribution in [0.1, 0.15) is 19.8 Å². The van der Waals surface area contributed by atoms with Crippen LogP contribution in [0.25, 0.3) is 0 Å². The molecule has 1 amide bonds. The van der Waals surface area contributed by atoms with Crippen molar-refractivity contribution in [2.75, 3.05) is 26.4 Å². The van der Waals surface area contributed by atoms with Crippen molar-refractivity contribution in [2.45, 2.75) is 25.8 Å². The molecule has 1 atom stereocenters. The first-order chi connectivity index (χ1) is 7.27. The molecule has 1 unspecified atom stereocenters. The first kappa shape index (κ1) is 12.3. The van der Waals surface area contributed by atoms with E-state index in [-0.39, 0.29) is 12.1 Å². The van der Waals surface area contributed by atoms with E-state index in [0.717, 1.165) is 26.1 Å². The fourth-order valence-electron chi connectivity index (χ4n) is 1.81. The molecule has 0 aromatic carbocycles. The maximum Gasteiger partial charge on any atom is 0.407 e. The van der Waals surface area contributed by atoms with Gasteiger partial charge in [-0.3, -0.25) is 0 Å². The van der Waals surface area contributed by atoms with Gasteiger partial charge in [-0.25, -0.2) is 4.79 Å². The van der Waals surface area contributed by atoms with Gasteiger partial charge in [0.2, 0.25) is 0 Å². The molecule has 15 heavy (non-hydrogen) atoms. The molecule has 1 aliphatic rings. The third-order valence-corrected chi connectivity index (χ3v) is 2.67. The molecule has 1 fully saturated rings. The molecule has 88 valence electrons. The van der Waals surface area contributed by atoms with Crippen LogP contribution in [-0.4, -0.2) is 38.5 Å². The van der Waals surface area contributed by atoms with E-state index in [4.69, 9.17) is 15.2 Å². The Morgan fingerprint density at radius 1 is 1.60 bits per heavy atom. The van der Waals surface area contributed by atoms with Gasteiger partial charge < -0.3 is 20.5 Å². The predicted molar refractivity (Wildman–Crippen MR) is 56.5 cm³/mol. The fraction of sp³-hybridized carbons (Fsp3) is 0.900. The van der Waals surface area contributed by atoms with Crippen LogP contribution in [0.3, 0.4) is 0 Å². The summed E-state index contributed by atoms with van der Waals surface area (Å²) >= 11 is 0. The molecular weight excluding hydrogens is 196 g/mol. The number of carbonyl (C=O) groups excluding carboxylic acids is 1. The van der Waals surface area contributed by atoms with Gasteiger partial charge in [0, 0.05) is 25.8 Å². The third-order valence-electron chi connectivity index (χ3n) is 2.67. The summed E-state index contributed by atoms with van der Waals surface area (Å²) in [7, 11) is 0. The first-order valence-electron chi connectivity index (χ1n) is 5.49. The van der Waals surface area contributed by atoms with E-state index in [9.17, 15) is 4.79 Å². The lowest BCUT2D eigenvalue weighted by atomic mass is 9.92. The van der Waals surface area contributed by atoms with E-state index in [0.29, 0.717) is 19.1 Å². The number of nitrogens with two attached hydrogens (primary N) is 1. The molecular formula is C10H20N2O3. The summed E-state index contributed by atoms with van der Waals surface area (Å²) in [5.74, 6) is 0.410. The monoisotopic (exact) mass is 216 g/mol. The van der Waals surface area contributed by atoms with Crippen LogP contribution < -0.4 is 11.1 Å². The van der Waals surface area contributed by atoms with Crippen LogP contribution in [0.15, 0.2) is 0 Å². The Morgan fingerprint density at radius 3 is 2.80 bits per heavy atom. The zero-order chi connectivity index (χ0) is 11.1. The zero-order valence-corrected chi connectivity index (χ0v) is 9.20. The molecule has 0 radical (unpaired) electrons. The van der Waals surface area contributed by atoms with E-state index in [1.807, 2.05) is 0 Å². The molecule has 5 nitrogen and oxygen atoms in total. The van der Waals surface area contributed by atoms with E-state index in [2.05, 4.69) is 5.32 Å². The van der Waals surface area contributed by atoms with Crippen LogP contribution >= 0.6 is 0 Å². The highest BCUT2D eigenvalue weighted by atomic mass is 16.5. The topological polar surface area (TPSA) is 73.6 Å².